The molecule has 0 aromatic heterocycles. The van der Waals surface area contributed by atoms with Gasteiger partial charge in [0.2, 0.25) is 17.7 Å². The topological polar surface area (TPSA) is 250 Å². The molecule has 0 radical (unpaired) electrons. The minimum Gasteiger partial charge on any atom is -0.481 e. The number of nitrogens with one attached hydrogen (secondary N) is 3. The van der Waals surface area contributed by atoms with Crippen molar-refractivity contribution in [2.24, 2.45) is 32.5 Å². The van der Waals surface area contributed by atoms with E-state index in [0.717, 1.165) is 113 Å². The molecule has 0 aliphatic heterocycles. The van der Waals surface area contributed by atoms with E-state index in [9.17, 15) is 43.2 Å². The number of hydrogen-bond donors (Lipinski definition) is 6. The fourth-order valence-electron chi connectivity index (χ4n) is 8.84. The monoisotopic (exact) mass is 1180 g/mol. The van der Waals surface area contributed by atoms with Crippen LogP contribution in [0.4, 0.5) is 17.1 Å². The van der Waals surface area contributed by atoms with Gasteiger partial charge in [0.15, 0.2) is 0 Å². The molecule has 0 unspecified atom stereocenters. The predicted octanol–water partition coefficient (Wildman–Crippen LogP) is 17.0. The summed E-state index contributed by atoms with van der Waals surface area (Å²) < 4.78 is 0. The molecular weight excluding hydrogens is 1070 g/mol. The molecule has 6 N–H and O–H groups in total. The molecule has 3 rings (SSSR count). The first-order chi connectivity index (χ1) is 39.1. The van der Waals surface area contributed by atoms with Crippen molar-refractivity contribution in [1.29, 1.82) is 0 Å². The third kappa shape index (κ3) is 34.3. The third-order valence-electron chi connectivity index (χ3n) is 15.7. The highest BCUT2D eigenvalue weighted by Gasteiger charge is 2.31. The highest BCUT2D eigenvalue weighted by atomic mass is 16.4. The zero-order valence-corrected chi connectivity index (χ0v) is 53.1. The lowest BCUT2D eigenvalue weighted by atomic mass is 9.85. The first-order valence-electron chi connectivity index (χ1n) is 30.5. The minimum atomic E-state index is -0.806. The van der Waals surface area contributed by atoms with Crippen LogP contribution in [0.3, 0.4) is 0 Å². The van der Waals surface area contributed by atoms with E-state index in [2.05, 4.69) is 16.0 Å². The van der Waals surface area contributed by atoms with Gasteiger partial charge in [0.05, 0.1) is 16.2 Å². The van der Waals surface area contributed by atoms with E-state index in [1.807, 2.05) is 133 Å². The Kier molecular flexibility index (Phi) is 36.2. The molecule has 0 atom stereocenters. The number of unbranched alkanes of at least 4 members (excludes halogenated alkanes) is 6. The van der Waals surface area contributed by atoms with Crippen LogP contribution < -0.4 is 16.0 Å². The van der Waals surface area contributed by atoms with Gasteiger partial charge in [-0.05, 0) is 155 Å². The van der Waals surface area contributed by atoms with Gasteiger partial charge in [-0.25, -0.2) is 0 Å². The first kappa shape index (κ1) is 78.5. The van der Waals surface area contributed by atoms with Crippen molar-refractivity contribution in [3.05, 3.63) is 91.0 Å². The van der Waals surface area contributed by atoms with Gasteiger partial charge in [0.1, 0.15) is 17.3 Å². The lowest BCUT2D eigenvalue weighted by Crippen LogP contribution is -2.30. The van der Waals surface area contributed by atoms with Gasteiger partial charge in [0, 0.05) is 71.8 Å². The molecule has 0 spiro atoms. The molecule has 0 aliphatic rings. The predicted molar refractivity (Wildman–Crippen MR) is 343 cm³/mol. The number of anilines is 3. The van der Waals surface area contributed by atoms with Crippen LogP contribution in [0.15, 0.2) is 91.0 Å². The second kappa shape index (κ2) is 39.2. The van der Waals surface area contributed by atoms with Gasteiger partial charge in [-0.3, -0.25) is 43.2 Å². The van der Waals surface area contributed by atoms with Gasteiger partial charge in [-0.15, -0.1) is 0 Å². The molecule has 0 aliphatic carbocycles. The largest absolute Gasteiger partial charge is 0.481 e. The van der Waals surface area contributed by atoms with E-state index < -0.39 is 50.4 Å². The fourth-order valence-corrected chi connectivity index (χ4v) is 8.84. The summed E-state index contributed by atoms with van der Waals surface area (Å²) in [4.78, 5) is 107. The van der Waals surface area contributed by atoms with Crippen molar-refractivity contribution in [2.75, 3.05) is 16.0 Å². The number of carboxylic acid groups (broad SMARTS) is 3. The minimum absolute atomic E-state index is 0. The number of aliphatic carboxylic acids is 3. The Hall–Kier alpha value is -6.51. The number of ketones is 3. The summed E-state index contributed by atoms with van der Waals surface area (Å²) in [5.74, 6) is -1.74. The number of carbonyl (C=O) groups is 9. The number of amides is 3. The van der Waals surface area contributed by atoms with Crippen LogP contribution in [0.1, 0.15) is 245 Å². The summed E-state index contributed by atoms with van der Waals surface area (Å²) in [7, 11) is 0. The summed E-state index contributed by atoms with van der Waals surface area (Å²) in [6.07, 6.45) is 16.3. The van der Waals surface area contributed by atoms with Crippen LogP contribution in [0.5, 0.6) is 0 Å². The van der Waals surface area contributed by atoms with Crippen molar-refractivity contribution < 1.29 is 58.5 Å². The molecule has 3 aromatic carbocycles. The Labute approximate surface area is 510 Å². The number of carboxylic acids is 3. The van der Waals surface area contributed by atoms with Crippen LogP contribution >= 0.6 is 0 Å². The molecule has 85 heavy (non-hydrogen) atoms. The number of hydrogen-bond acceptors (Lipinski definition) is 9. The van der Waals surface area contributed by atoms with Gasteiger partial charge < -0.3 is 31.3 Å². The molecular formula is C70H109N3O12. The third-order valence-corrected chi connectivity index (χ3v) is 15.7. The van der Waals surface area contributed by atoms with Gasteiger partial charge in [-0.1, -0.05) is 142 Å². The number of para-hydroxylation sites is 3. The summed E-state index contributed by atoms with van der Waals surface area (Å²) in [5.41, 5.74) is -1.24. The molecule has 3 amide bonds. The molecule has 15 heteroatoms. The maximum Gasteiger partial charge on any atom is 0.309 e. The van der Waals surface area contributed by atoms with Gasteiger partial charge >= 0.3 is 17.9 Å². The Balaban J connectivity index is 0.00000127. The standard InChI is InChI=1S/C29H40N2O3.C23H35NO4.C17H30O5.CH4/c1-28(2,26(33)30-23-15-7-5-8-16-23)21-13-11-19-25(32)20-12-14-22-29(3,4)27(34)31-24-17-9-6-10-18-24;1-22(2,20(26)24-18-12-6-5-7-13-18)16-10-8-14-19(25)15-9-11-17-23(3,4)21(27)28;1-16(2,14(19)20)11-7-5-9-13(18)10-6-8-12-17(3,4)15(21)22;/h5-10,15-18H,11-14,19-22H2,1-4H3,(H,30,33)(H,31,34);5-7,12-13H,8-11,14-17H2,1-4H3,(H,24,26)(H,27,28);5-12H2,1-4H3,(H,19,20)(H,21,22);1H4. The normalized spacial score (nSPS) is 11.7. The second-order valence-electron chi connectivity index (χ2n) is 26.5. The van der Waals surface area contributed by atoms with Crippen molar-refractivity contribution in [2.45, 2.75) is 245 Å². The summed E-state index contributed by atoms with van der Waals surface area (Å²) in [6.45, 7) is 21.9. The smallest absolute Gasteiger partial charge is 0.309 e. The highest BCUT2D eigenvalue weighted by Crippen LogP contribution is 2.31. The Morgan fingerprint density at radius 3 is 0.612 bits per heavy atom. The van der Waals surface area contributed by atoms with Crippen LogP contribution in [-0.2, 0) is 43.2 Å². The molecule has 0 saturated carbocycles. The Bertz CT molecular complexity index is 2390. The van der Waals surface area contributed by atoms with Crippen LogP contribution in [0, 0.1) is 32.5 Å². The molecule has 0 heterocycles. The molecule has 0 fully saturated rings. The number of benzene rings is 3. The maximum absolute atomic E-state index is 12.6. The average molecular weight is 1180 g/mol. The van der Waals surface area contributed by atoms with Crippen molar-refractivity contribution >= 4 is 70.0 Å². The summed E-state index contributed by atoms with van der Waals surface area (Å²) in [5, 5.41) is 35.9. The zero-order valence-electron chi connectivity index (χ0n) is 53.1. The van der Waals surface area contributed by atoms with E-state index in [1.165, 1.54) is 0 Å². The van der Waals surface area contributed by atoms with Crippen LogP contribution in [0.25, 0.3) is 0 Å². The average Bonchev–Trinajstić information content (AvgIpc) is 3.50. The van der Waals surface area contributed by atoms with Gasteiger partial charge in [0.25, 0.3) is 0 Å². The Morgan fingerprint density at radius 2 is 0.447 bits per heavy atom. The summed E-state index contributed by atoms with van der Waals surface area (Å²) >= 11 is 0. The summed E-state index contributed by atoms with van der Waals surface area (Å²) in [6, 6.07) is 28.3. The molecule has 0 bridgehead atoms. The number of carbonyl (C=O) groups excluding carboxylic acids is 6. The molecule has 3 aromatic rings. The van der Waals surface area contributed by atoms with E-state index in [-0.39, 0.29) is 42.5 Å². The zero-order chi connectivity index (χ0) is 63.6. The Morgan fingerprint density at radius 1 is 0.282 bits per heavy atom. The molecule has 0 saturated heterocycles. The lowest BCUT2D eigenvalue weighted by molar-refractivity contribution is -0.148. The highest BCUT2D eigenvalue weighted by molar-refractivity contribution is 5.96. The number of rotatable bonds is 39. The lowest BCUT2D eigenvalue weighted by Gasteiger charge is -2.23. The second-order valence-corrected chi connectivity index (χ2v) is 26.5. The van der Waals surface area contributed by atoms with E-state index in [1.54, 1.807) is 41.5 Å². The van der Waals surface area contributed by atoms with Crippen LogP contribution in [-0.4, -0.2) is 68.3 Å². The van der Waals surface area contributed by atoms with Crippen molar-refractivity contribution in [3.63, 3.8) is 0 Å². The van der Waals surface area contributed by atoms with Crippen LogP contribution in [0.2, 0.25) is 0 Å². The molecule has 476 valence electrons. The van der Waals surface area contributed by atoms with Gasteiger partial charge in [-0.2, -0.15) is 0 Å². The van der Waals surface area contributed by atoms with E-state index >= 15 is 0 Å². The first-order valence-corrected chi connectivity index (χ1v) is 30.5. The fraction of sp³-hybridized carbons (Fsp3) is 0.614. The molecule has 15 nitrogen and oxygen atoms in total. The van der Waals surface area contributed by atoms with E-state index in [4.69, 9.17) is 15.3 Å². The van der Waals surface area contributed by atoms with Crippen molar-refractivity contribution in [3.8, 4) is 0 Å². The van der Waals surface area contributed by atoms with Crippen molar-refractivity contribution in [1.82, 2.24) is 0 Å². The van der Waals surface area contributed by atoms with E-state index in [0.29, 0.717) is 57.8 Å². The maximum atomic E-state index is 12.6. The quantitative estimate of drug-likeness (QED) is 0.0292. The SMILES string of the molecule is C.CC(C)(CCCCC(=O)CCCCC(C)(C)C(=O)Nc1ccccc1)C(=O)Nc1ccccc1.CC(C)(CCCCC(=O)CCCCC(C)(C)C(=O)Nc1ccccc1)C(=O)O.CC(C)(CCCCC(=O)CCCCC(C)(C)C(=O)O)C(=O)O. The number of Topliss-reactive ketones (excluding diaryl/α,β-unsaturated/α-hetero) is 3.